The summed E-state index contributed by atoms with van der Waals surface area (Å²) in [6.45, 7) is 2.98. The van der Waals surface area contributed by atoms with E-state index in [1.54, 1.807) is 6.20 Å². The number of thiophene rings is 1. The Kier molecular flexibility index (Phi) is 4.80. The van der Waals surface area contributed by atoms with E-state index in [0.717, 1.165) is 26.6 Å². The number of nitrogens with one attached hydrogen (secondary N) is 2. The van der Waals surface area contributed by atoms with Crippen molar-refractivity contribution < 1.29 is 4.79 Å². The fourth-order valence-corrected chi connectivity index (χ4v) is 3.72. The highest BCUT2D eigenvalue weighted by atomic mass is 32.1. The second-order valence-electron chi connectivity index (χ2n) is 5.94. The van der Waals surface area contributed by atoms with E-state index in [9.17, 15) is 4.79 Å². The molecule has 0 atom stereocenters. The Morgan fingerprint density at radius 1 is 1.15 bits per heavy atom. The lowest BCUT2D eigenvalue weighted by Crippen LogP contribution is -2.28. The molecule has 3 aromatic heterocycles. The second kappa shape index (κ2) is 7.55. The van der Waals surface area contributed by atoms with Crippen LogP contribution in [0.15, 0.2) is 55.1 Å². The number of fused-ring (bicyclic) bond motifs is 1. The number of carbonyl (C=O) groups excluding carboxylic acids is 1. The van der Waals surface area contributed by atoms with Gasteiger partial charge in [0.2, 0.25) is 0 Å². The summed E-state index contributed by atoms with van der Waals surface area (Å²) in [6.07, 6.45) is 5.09. The summed E-state index contributed by atoms with van der Waals surface area (Å²) in [5, 5.41) is 7.23. The lowest BCUT2D eigenvalue weighted by molar-refractivity contribution is 0.0959. The lowest BCUT2D eigenvalue weighted by Gasteiger charge is -2.08. The van der Waals surface area contributed by atoms with Gasteiger partial charge in [0.25, 0.3) is 5.91 Å². The molecule has 0 spiro atoms. The van der Waals surface area contributed by atoms with Gasteiger partial charge in [0.15, 0.2) is 0 Å². The smallest absolute Gasteiger partial charge is 0.261 e. The zero-order valence-corrected chi connectivity index (χ0v) is 15.5. The summed E-state index contributed by atoms with van der Waals surface area (Å²) < 4.78 is 3.00. The first-order valence-electron chi connectivity index (χ1n) is 8.54. The third-order valence-electron chi connectivity index (χ3n) is 4.09. The minimum atomic E-state index is -0.0598. The maximum absolute atomic E-state index is 12.3. The van der Waals surface area contributed by atoms with Crippen molar-refractivity contribution >= 4 is 33.1 Å². The summed E-state index contributed by atoms with van der Waals surface area (Å²) in [7, 11) is 0. The molecule has 4 aromatic rings. The molecule has 0 saturated carbocycles. The van der Waals surface area contributed by atoms with Crippen molar-refractivity contribution in [3.63, 3.8) is 0 Å². The highest BCUT2D eigenvalue weighted by molar-refractivity contribution is 7.20. The molecule has 4 rings (SSSR count). The Balaban J connectivity index is 1.32. The fourth-order valence-electron chi connectivity index (χ4n) is 2.74. The Bertz CT molecular complexity index is 1050. The Morgan fingerprint density at radius 3 is 2.85 bits per heavy atom. The van der Waals surface area contributed by atoms with Gasteiger partial charge in [-0.25, -0.2) is 15.0 Å². The van der Waals surface area contributed by atoms with Gasteiger partial charge in [0, 0.05) is 36.2 Å². The predicted molar refractivity (Wildman–Crippen MR) is 107 cm³/mol. The molecule has 2 N–H and O–H groups in total. The van der Waals surface area contributed by atoms with Crippen LogP contribution in [-0.2, 0) is 0 Å². The summed E-state index contributed by atoms with van der Waals surface area (Å²) in [4.78, 5) is 25.7. The summed E-state index contributed by atoms with van der Waals surface area (Å²) in [6, 6.07) is 11.8. The monoisotopic (exact) mass is 378 g/mol. The van der Waals surface area contributed by atoms with E-state index in [2.05, 4.69) is 25.6 Å². The van der Waals surface area contributed by atoms with Crippen molar-refractivity contribution in [3.05, 3.63) is 65.8 Å². The Morgan fingerprint density at radius 2 is 2.04 bits per heavy atom. The van der Waals surface area contributed by atoms with Crippen LogP contribution >= 0.6 is 11.3 Å². The molecular formula is C19H18N6OS. The van der Waals surface area contributed by atoms with E-state index in [0.29, 0.717) is 18.9 Å². The van der Waals surface area contributed by atoms with Crippen LogP contribution in [-0.4, -0.2) is 38.5 Å². The van der Waals surface area contributed by atoms with E-state index in [1.165, 1.54) is 17.7 Å². The summed E-state index contributed by atoms with van der Waals surface area (Å²) in [5.74, 6) is 2.24. The molecule has 0 bridgehead atoms. The van der Waals surface area contributed by atoms with Crippen LogP contribution in [0, 0.1) is 6.92 Å². The van der Waals surface area contributed by atoms with Gasteiger partial charge in [-0.3, -0.25) is 9.36 Å². The van der Waals surface area contributed by atoms with Gasteiger partial charge in [-0.1, -0.05) is 18.2 Å². The van der Waals surface area contributed by atoms with E-state index < -0.39 is 0 Å². The van der Waals surface area contributed by atoms with Crippen molar-refractivity contribution in [2.75, 3.05) is 18.4 Å². The molecule has 1 amide bonds. The number of aryl methyl sites for hydroxylation is 1. The number of aromatic nitrogens is 4. The quantitative estimate of drug-likeness (QED) is 0.504. The largest absolute Gasteiger partial charge is 0.368 e. The highest BCUT2D eigenvalue weighted by Gasteiger charge is 2.09. The number of benzene rings is 1. The molecule has 0 aliphatic heterocycles. The first kappa shape index (κ1) is 17.2. The van der Waals surface area contributed by atoms with Crippen molar-refractivity contribution in [1.82, 2.24) is 24.8 Å². The number of imidazole rings is 1. The average molecular weight is 378 g/mol. The first-order valence-corrected chi connectivity index (χ1v) is 9.35. The number of carbonyl (C=O) groups is 1. The molecule has 0 unspecified atom stereocenters. The maximum Gasteiger partial charge on any atom is 0.261 e. The fraction of sp³-hybridized carbons (Fsp3) is 0.158. The number of anilines is 1. The lowest BCUT2D eigenvalue weighted by atomic mass is 10.2. The van der Waals surface area contributed by atoms with Crippen molar-refractivity contribution in [2.45, 2.75) is 6.92 Å². The molecule has 136 valence electrons. The second-order valence-corrected chi connectivity index (χ2v) is 7.02. The van der Waals surface area contributed by atoms with Crippen molar-refractivity contribution in [2.24, 2.45) is 0 Å². The minimum absolute atomic E-state index is 0.0598. The van der Waals surface area contributed by atoms with E-state index >= 15 is 0 Å². The van der Waals surface area contributed by atoms with Gasteiger partial charge in [0.05, 0.1) is 4.88 Å². The van der Waals surface area contributed by atoms with Crippen LogP contribution in [0.1, 0.15) is 15.5 Å². The van der Waals surface area contributed by atoms with Crippen LogP contribution in [0.5, 0.6) is 0 Å². The maximum atomic E-state index is 12.3. The molecule has 0 aliphatic rings. The molecule has 3 heterocycles. The van der Waals surface area contributed by atoms with Crippen molar-refractivity contribution in [1.29, 1.82) is 0 Å². The molecule has 0 saturated heterocycles. The zero-order valence-electron chi connectivity index (χ0n) is 14.7. The van der Waals surface area contributed by atoms with Crippen LogP contribution < -0.4 is 10.6 Å². The number of amides is 1. The standard InChI is InChI=1S/C19H18N6OS/c1-13-20-8-9-25(13)18-11-17(23-12-24-18)21-6-7-22-19(26)16-10-14-4-2-3-5-15(14)27-16/h2-5,8-12H,6-7H2,1H3,(H,22,26)(H,21,23,24). The summed E-state index contributed by atoms with van der Waals surface area (Å²) >= 11 is 1.50. The molecular weight excluding hydrogens is 360 g/mol. The predicted octanol–water partition coefficient (Wildman–Crippen LogP) is 3.03. The van der Waals surface area contributed by atoms with Crippen LogP contribution in [0.3, 0.4) is 0 Å². The number of rotatable bonds is 6. The third-order valence-corrected chi connectivity index (χ3v) is 5.21. The number of hydrogen-bond donors (Lipinski definition) is 2. The van der Waals surface area contributed by atoms with Gasteiger partial charge in [-0.2, -0.15) is 0 Å². The Labute approximate surface area is 160 Å². The first-order chi connectivity index (χ1) is 13.2. The van der Waals surface area contributed by atoms with E-state index in [-0.39, 0.29) is 5.91 Å². The molecule has 8 heteroatoms. The van der Waals surface area contributed by atoms with Gasteiger partial charge in [-0.15, -0.1) is 11.3 Å². The average Bonchev–Trinajstić information content (AvgIpc) is 3.31. The van der Waals surface area contributed by atoms with Gasteiger partial charge >= 0.3 is 0 Å². The molecule has 0 fully saturated rings. The number of hydrogen-bond acceptors (Lipinski definition) is 6. The Hall–Kier alpha value is -3.26. The van der Waals surface area contributed by atoms with Crippen LogP contribution in [0.2, 0.25) is 0 Å². The molecule has 0 aliphatic carbocycles. The third kappa shape index (κ3) is 3.80. The normalized spacial score (nSPS) is 10.9. The topological polar surface area (TPSA) is 84.7 Å². The minimum Gasteiger partial charge on any atom is -0.368 e. The SMILES string of the molecule is Cc1nccn1-c1cc(NCCNC(=O)c2cc3ccccc3s2)ncn1. The highest BCUT2D eigenvalue weighted by Crippen LogP contribution is 2.24. The van der Waals surface area contributed by atoms with Gasteiger partial charge < -0.3 is 10.6 Å². The summed E-state index contributed by atoms with van der Waals surface area (Å²) in [5.41, 5.74) is 0. The zero-order chi connectivity index (χ0) is 18.6. The van der Waals surface area contributed by atoms with E-state index in [1.807, 2.05) is 54.1 Å². The molecule has 0 radical (unpaired) electrons. The number of nitrogens with zero attached hydrogens (tertiary/aromatic N) is 4. The molecule has 1 aromatic carbocycles. The molecule has 7 nitrogen and oxygen atoms in total. The van der Waals surface area contributed by atoms with Crippen molar-refractivity contribution in [3.8, 4) is 5.82 Å². The van der Waals surface area contributed by atoms with Crippen LogP contribution in [0.4, 0.5) is 5.82 Å². The van der Waals surface area contributed by atoms with Gasteiger partial charge in [-0.05, 0) is 24.4 Å². The van der Waals surface area contributed by atoms with Crippen LogP contribution in [0.25, 0.3) is 15.9 Å². The van der Waals surface area contributed by atoms with Gasteiger partial charge in [0.1, 0.15) is 23.8 Å². The van der Waals surface area contributed by atoms with E-state index in [4.69, 9.17) is 0 Å². The molecule has 27 heavy (non-hydrogen) atoms.